The molecule has 0 spiro atoms. The number of anilines is 1. The van der Waals surface area contributed by atoms with E-state index in [2.05, 4.69) is 11.2 Å². The first kappa shape index (κ1) is 8.97. The summed E-state index contributed by atoms with van der Waals surface area (Å²) >= 11 is 0. The molecular formula is C13H11N3. The summed E-state index contributed by atoms with van der Waals surface area (Å²) < 4.78 is 0. The zero-order valence-electron chi connectivity index (χ0n) is 8.64. The molecule has 4 N–H and O–H groups in total. The van der Waals surface area contributed by atoms with Crippen LogP contribution in [-0.2, 0) is 0 Å². The van der Waals surface area contributed by atoms with Crippen LogP contribution < -0.4 is 11.6 Å². The second-order valence-corrected chi connectivity index (χ2v) is 3.83. The van der Waals surface area contributed by atoms with Gasteiger partial charge < -0.3 is 11.6 Å². The van der Waals surface area contributed by atoms with Crippen molar-refractivity contribution in [2.75, 3.05) is 5.73 Å². The highest BCUT2D eigenvalue weighted by Gasteiger charge is 2.24. The molecule has 2 aromatic carbocycles. The van der Waals surface area contributed by atoms with Gasteiger partial charge in [0.25, 0.3) is 0 Å². The van der Waals surface area contributed by atoms with Crippen molar-refractivity contribution in [1.82, 2.24) is 0 Å². The first-order valence-corrected chi connectivity index (χ1v) is 5.09. The number of benzene rings is 2. The van der Waals surface area contributed by atoms with E-state index in [0.29, 0.717) is 0 Å². The monoisotopic (exact) mass is 209 g/mol. The van der Waals surface area contributed by atoms with Crippen molar-refractivity contribution < 1.29 is 0 Å². The molecule has 0 saturated carbocycles. The molecule has 2 aromatic rings. The van der Waals surface area contributed by atoms with Crippen molar-refractivity contribution in [2.24, 2.45) is 10.9 Å². The molecule has 3 nitrogen and oxygen atoms in total. The topological polar surface area (TPSA) is 64.4 Å². The van der Waals surface area contributed by atoms with E-state index >= 15 is 0 Å². The fraction of sp³-hybridized carbons (Fsp3) is 0. The molecule has 0 heterocycles. The Bertz CT molecular complexity index is 600. The minimum absolute atomic E-state index is 0.756. The predicted molar refractivity (Wildman–Crippen MR) is 66.1 cm³/mol. The van der Waals surface area contributed by atoms with E-state index in [-0.39, 0.29) is 0 Å². The van der Waals surface area contributed by atoms with Crippen molar-refractivity contribution in [1.29, 1.82) is 0 Å². The first-order chi connectivity index (χ1) is 7.81. The molecule has 3 rings (SSSR count). The van der Waals surface area contributed by atoms with Crippen molar-refractivity contribution >= 4 is 11.4 Å². The minimum atomic E-state index is 0.756. The Morgan fingerprint density at radius 3 is 2.25 bits per heavy atom. The molecule has 0 aliphatic heterocycles. The summed E-state index contributed by atoms with van der Waals surface area (Å²) in [6, 6.07) is 13.9. The van der Waals surface area contributed by atoms with Crippen LogP contribution in [0.5, 0.6) is 0 Å². The lowest BCUT2D eigenvalue weighted by atomic mass is 10.1. The van der Waals surface area contributed by atoms with E-state index in [4.69, 9.17) is 11.6 Å². The van der Waals surface area contributed by atoms with Gasteiger partial charge in [0.2, 0.25) is 0 Å². The van der Waals surface area contributed by atoms with E-state index < -0.39 is 0 Å². The van der Waals surface area contributed by atoms with Gasteiger partial charge in [0, 0.05) is 16.8 Å². The maximum atomic E-state index is 5.80. The predicted octanol–water partition coefficient (Wildman–Crippen LogP) is 1.96. The number of hydrogen-bond acceptors (Lipinski definition) is 3. The highest BCUT2D eigenvalue weighted by Crippen LogP contribution is 2.37. The molecule has 0 fully saturated rings. The van der Waals surface area contributed by atoms with Crippen LogP contribution in [0.1, 0.15) is 11.1 Å². The molecular weight excluding hydrogens is 198 g/mol. The lowest BCUT2D eigenvalue weighted by molar-refractivity contribution is 1.25. The van der Waals surface area contributed by atoms with Gasteiger partial charge in [0.1, 0.15) is 0 Å². The van der Waals surface area contributed by atoms with Gasteiger partial charge >= 0.3 is 0 Å². The van der Waals surface area contributed by atoms with E-state index in [1.54, 1.807) is 0 Å². The van der Waals surface area contributed by atoms with E-state index in [1.165, 1.54) is 0 Å². The molecule has 0 unspecified atom stereocenters. The van der Waals surface area contributed by atoms with E-state index in [1.807, 2.05) is 36.4 Å². The number of fused-ring (bicyclic) bond motifs is 3. The molecule has 78 valence electrons. The van der Waals surface area contributed by atoms with Crippen LogP contribution in [0.15, 0.2) is 47.6 Å². The Balaban J connectivity index is 2.40. The first-order valence-electron chi connectivity index (χ1n) is 5.09. The van der Waals surface area contributed by atoms with Gasteiger partial charge in [-0.15, -0.1) is 0 Å². The lowest BCUT2D eigenvalue weighted by Gasteiger charge is -2.00. The summed E-state index contributed by atoms with van der Waals surface area (Å²) in [5.41, 5.74) is 11.8. The average Bonchev–Trinajstić information content (AvgIpc) is 2.62. The van der Waals surface area contributed by atoms with Gasteiger partial charge in [-0.05, 0) is 23.3 Å². The summed E-state index contributed by atoms with van der Waals surface area (Å²) in [6.07, 6.45) is 0. The SMILES string of the molecule is N/N=C1/c2ccccc2-c2cc(N)ccc21. The summed E-state index contributed by atoms with van der Waals surface area (Å²) in [7, 11) is 0. The van der Waals surface area contributed by atoms with Gasteiger partial charge in [0.05, 0.1) is 5.71 Å². The standard InChI is InChI=1S/C13H11N3/c14-8-5-6-11-12(7-8)9-3-1-2-4-10(9)13(11)16-15/h1-7H,14-15H2/b16-13-. The molecule has 1 aliphatic rings. The van der Waals surface area contributed by atoms with E-state index in [0.717, 1.165) is 33.7 Å². The van der Waals surface area contributed by atoms with Crippen molar-refractivity contribution in [2.45, 2.75) is 0 Å². The summed E-state index contributed by atoms with van der Waals surface area (Å²) in [6.45, 7) is 0. The quantitative estimate of drug-likeness (QED) is 0.337. The van der Waals surface area contributed by atoms with Crippen molar-refractivity contribution in [3.8, 4) is 11.1 Å². The molecule has 0 bridgehead atoms. The van der Waals surface area contributed by atoms with E-state index in [9.17, 15) is 0 Å². The Hall–Kier alpha value is -2.29. The second-order valence-electron chi connectivity index (χ2n) is 3.83. The molecule has 0 aromatic heterocycles. The van der Waals surface area contributed by atoms with Crippen LogP contribution >= 0.6 is 0 Å². The number of hydrogen-bond donors (Lipinski definition) is 2. The van der Waals surface area contributed by atoms with Crippen LogP contribution in [0.3, 0.4) is 0 Å². The van der Waals surface area contributed by atoms with Crippen molar-refractivity contribution in [3.63, 3.8) is 0 Å². The summed E-state index contributed by atoms with van der Waals surface area (Å²) in [5, 5.41) is 3.88. The summed E-state index contributed by atoms with van der Waals surface area (Å²) in [4.78, 5) is 0. The Morgan fingerprint density at radius 1 is 0.812 bits per heavy atom. The zero-order valence-corrected chi connectivity index (χ0v) is 8.64. The van der Waals surface area contributed by atoms with Gasteiger partial charge in [0.15, 0.2) is 0 Å². The molecule has 0 radical (unpaired) electrons. The highest BCUT2D eigenvalue weighted by atomic mass is 15.1. The maximum Gasteiger partial charge on any atom is 0.0983 e. The van der Waals surface area contributed by atoms with Crippen LogP contribution in [0.25, 0.3) is 11.1 Å². The smallest absolute Gasteiger partial charge is 0.0983 e. The Labute approximate surface area is 93.4 Å². The maximum absolute atomic E-state index is 5.80. The molecule has 3 heteroatoms. The van der Waals surface area contributed by atoms with Crippen LogP contribution in [-0.4, -0.2) is 5.71 Å². The molecule has 0 saturated heterocycles. The molecule has 1 aliphatic carbocycles. The van der Waals surface area contributed by atoms with Gasteiger partial charge in [-0.3, -0.25) is 0 Å². The largest absolute Gasteiger partial charge is 0.399 e. The molecule has 0 amide bonds. The number of nitrogens with zero attached hydrogens (tertiary/aromatic N) is 1. The fourth-order valence-electron chi connectivity index (χ4n) is 2.20. The normalized spacial score (nSPS) is 14.9. The van der Waals surface area contributed by atoms with Gasteiger partial charge in [-0.25, -0.2) is 0 Å². The third-order valence-electron chi connectivity index (χ3n) is 2.90. The fourth-order valence-corrected chi connectivity index (χ4v) is 2.20. The zero-order chi connectivity index (χ0) is 11.1. The number of nitrogens with two attached hydrogens (primary N) is 2. The van der Waals surface area contributed by atoms with Gasteiger partial charge in [-0.1, -0.05) is 30.3 Å². The second kappa shape index (κ2) is 3.10. The number of hydrazone groups is 1. The minimum Gasteiger partial charge on any atom is -0.399 e. The number of rotatable bonds is 0. The Morgan fingerprint density at radius 2 is 1.50 bits per heavy atom. The van der Waals surface area contributed by atoms with Crippen LogP contribution in [0.2, 0.25) is 0 Å². The third kappa shape index (κ3) is 1.05. The molecule has 16 heavy (non-hydrogen) atoms. The molecule has 0 atom stereocenters. The lowest BCUT2D eigenvalue weighted by Crippen LogP contribution is -2.01. The third-order valence-corrected chi connectivity index (χ3v) is 2.90. The highest BCUT2D eigenvalue weighted by molar-refractivity contribution is 6.24. The van der Waals surface area contributed by atoms with Gasteiger partial charge in [-0.2, -0.15) is 5.10 Å². The van der Waals surface area contributed by atoms with Crippen LogP contribution in [0, 0.1) is 0 Å². The summed E-state index contributed by atoms with van der Waals surface area (Å²) in [5.74, 6) is 5.46. The van der Waals surface area contributed by atoms with Crippen molar-refractivity contribution in [3.05, 3.63) is 53.6 Å². The number of nitrogen functional groups attached to an aromatic ring is 1. The average molecular weight is 209 g/mol. The Kier molecular flexibility index (Phi) is 1.74. The van der Waals surface area contributed by atoms with Crippen LogP contribution in [0.4, 0.5) is 5.69 Å².